The number of hydrogen-bond donors (Lipinski definition) is 1. The Balaban J connectivity index is 2.00. The minimum atomic E-state index is 0.458. The molecule has 0 bridgehead atoms. The zero-order valence-electron chi connectivity index (χ0n) is 9.90. The lowest BCUT2D eigenvalue weighted by Gasteiger charge is -2.27. The van der Waals surface area contributed by atoms with Gasteiger partial charge in [-0.25, -0.2) is 4.99 Å². The van der Waals surface area contributed by atoms with Gasteiger partial charge in [0.2, 0.25) is 0 Å². The van der Waals surface area contributed by atoms with E-state index in [-0.39, 0.29) is 0 Å². The van der Waals surface area contributed by atoms with E-state index in [1.165, 1.54) is 0 Å². The molecule has 0 spiro atoms. The Kier molecular flexibility index (Phi) is 4.69. The van der Waals surface area contributed by atoms with Gasteiger partial charge in [0.15, 0.2) is 5.96 Å². The van der Waals surface area contributed by atoms with Crippen molar-refractivity contribution in [2.45, 2.75) is 6.54 Å². The molecular formula is C12H15Cl2N3O. The number of rotatable bonds is 2. The van der Waals surface area contributed by atoms with Gasteiger partial charge in [0.05, 0.1) is 19.8 Å². The summed E-state index contributed by atoms with van der Waals surface area (Å²) < 4.78 is 5.26. The van der Waals surface area contributed by atoms with Crippen molar-refractivity contribution >= 4 is 29.2 Å². The van der Waals surface area contributed by atoms with Gasteiger partial charge in [-0.3, -0.25) is 0 Å². The van der Waals surface area contributed by atoms with Gasteiger partial charge >= 0.3 is 0 Å². The fraction of sp³-hybridized carbons (Fsp3) is 0.417. The number of halogens is 2. The third-order valence-electron chi connectivity index (χ3n) is 2.76. The van der Waals surface area contributed by atoms with Crippen LogP contribution in [0, 0.1) is 0 Å². The first kappa shape index (κ1) is 13.5. The van der Waals surface area contributed by atoms with Crippen LogP contribution in [0.5, 0.6) is 0 Å². The second kappa shape index (κ2) is 6.27. The van der Waals surface area contributed by atoms with E-state index in [9.17, 15) is 0 Å². The molecule has 1 fully saturated rings. The first-order valence-corrected chi connectivity index (χ1v) is 6.49. The predicted molar refractivity (Wildman–Crippen MR) is 74.2 cm³/mol. The number of aliphatic imine (C=N–C) groups is 1. The Morgan fingerprint density at radius 3 is 2.72 bits per heavy atom. The molecule has 0 amide bonds. The van der Waals surface area contributed by atoms with Crippen molar-refractivity contribution < 1.29 is 4.74 Å². The number of nitrogens with zero attached hydrogens (tertiary/aromatic N) is 2. The van der Waals surface area contributed by atoms with Crippen LogP contribution in [-0.4, -0.2) is 37.2 Å². The summed E-state index contributed by atoms with van der Waals surface area (Å²) >= 11 is 11.9. The van der Waals surface area contributed by atoms with Gasteiger partial charge in [0.25, 0.3) is 0 Å². The van der Waals surface area contributed by atoms with E-state index in [2.05, 4.69) is 4.99 Å². The zero-order chi connectivity index (χ0) is 13.0. The zero-order valence-corrected chi connectivity index (χ0v) is 11.4. The van der Waals surface area contributed by atoms with E-state index < -0.39 is 0 Å². The average Bonchev–Trinajstić information content (AvgIpc) is 2.38. The molecule has 0 saturated carbocycles. The summed E-state index contributed by atoms with van der Waals surface area (Å²) in [5.41, 5.74) is 6.84. The quantitative estimate of drug-likeness (QED) is 0.670. The fourth-order valence-corrected chi connectivity index (χ4v) is 2.18. The third-order valence-corrected chi connectivity index (χ3v) is 3.35. The smallest absolute Gasteiger partial charge is 0.191 e. The number of hydrogen-bond acceptors (Lipinski definition) is 2. The standard InChI is InChI=1S/C12H15Cl2N3O/c13-10-2-1-9(11(14)7-10)8-16-12(15)17-3-5-18-6-4-17/h1-2,7H,3-6,8H2,(H2,15,16). The molecule has 6 heteroatoms. The third kappa shape index (κ3) is 3.51. The fourth-order valence-electron chi connectivity index (χ4n) is 1.71. The lowest BCUT2D eigenvalue weighted by molar-refractivity contribution is 0.0674. The number of guanidine groups is 1. The van der Waals surface area contributed by atoms with Gasteiger partial charge in [-0.2, -0.15) is 0 Å². The van der Waals surface area contributed by atoms with Crippen molar-refractivity contribution in [3.63, 3.8) is 0 Å². The predicted octanol–water partition coefficient (Wildman–Crippen LogP) is 2.14. The maximum absolute atomic E-state index is 6.07. The highest BCUT2D eigenvalue weighted by atomic mass is 35.5. The van der Waals surface area contributed by atoms with Crippen LogP contribution in [0.2, 0.25) is 10.0 Å². The Morgan fingerprint density at radius 1 is 1.33 bits per heavy atom. The molecule has 18 heavy (non-hydrogen) atoms. The van der Waals surface area contributed by atoms with Crippen LogP contribution in [0.3, 0.4) is 0 Å². The number of nitrogens with two attached hydrogens (primary N) is 1. The Bertz CT molecular complexity index is 445. The summed E-state index contributed by atoms with van der Waals surface area (Å²) in [6.07, 6.45) is 0. The van der Waals surface area contributed by atoms with Crippen molar-refractivity contribution in [1.82, 2.24) is 4.90 Å². The molecule has 0 atom stereocenters. The van der Waals surface area contributed by atoms with Crippen LogP contribution in [-0.2, 0) is 11.3 Å². The van der Waals surface area contributed by atoms with E-state index in [1.807, 2.05) is 11.0 Å². The molecule has 2 rings (SSSR count). The van der Waals surface area contributed by atoms with Gasteiger partial charge in [0, 0.05) is 23.1 Å². The Hall–Kier alpha value is -0.970. The summed E-state index contributed by atoms with van der Waals surface area (Å²) in [7, 11) is 0. The maximum atomic E-state index is 6.07. The molecule has 0 aromatic heterocycles. The molecule has 1 saturated heterocycles. The lowest BCUT2D eigenvalue weighted by Crippen LogP contribution is -2.44. The number of benzene rings is 1. The SMILES string of the molecule is NC(=NCc1ccc(Cl)cc1Cl)N1CCOCC1. The summed E-state index contributed by atoms with van der Waals surface area (Å²) in [6, 6.07) is 5.36. The average molecular weight is 288 g/mol. The summed E-state index contributed by atoms with van der Waals surface area (Å²) in [5, 5.41) is 1.23. The molecule has 0 aliphatic carbocycles. The normalized spacial score (nSPS) is 17.0. The van der Waals surface area contributed by atoms with E-state index in [0.717, 1.165) is 18.7 Å². The van der Waals surface area contributed by atoms with Gasteiger partial charge in [-0.1, -0.05) is 29.3 Å². The van der Waals surface area contributed by atoms with Crippen LogP contribution in [0.25, 0.3) is 0 Å². The highest BCUT2D eigenvalue weighted by molar-refractivity contribution is 6.35. The maximum Gasteiger partial charge on any atom is 0.191 e. The van der Waals surface area contributed by atoms with Crippen LogP contribution in [0.4, 0.5) is 0 Å². The van der Waals surface area contributed by atoms with Crippen molar-refractivity contribution in [3.05, 3.63) is 33.8 Å². The van der Waals surface area contributed by atoms with Crippen LogP contribution in [0.15, 0.2) is 23.2 Å². The summed E-state index contributed by atoms with van der Waals surface area (Å²) in [4.78, 5) is 6.35. The molecule has 1 aliphatic rings. The van der Waals surface area contributed by atoms with Crippen LogP contribution < -0.4 is 5.73 Å². The highest BCUT2D eigenvalue weighted by Crippen LogP contribution is 2.21. The van der Waals surface area contributed by atoms with Gasteiger partial charge in [-0.15, -0.1) is 0 Å². The van der Waals surface area contributed by atoms with Gasteiger partial charge in [-0.05, 0) is 17.7 Å². The largest absolute Gasteiger partial charge is 0.378 e. The molecular weight excluding hydrogens is 273 g/mol. The first-order chi connectivity index (χ1) is 8.66. The topological polar surface area (TPSA) is 50.8 Å². The van der Waals surface area contributed by atoms with E-state index in [0.29, 0.717) is 35.8 Å². The molecule has 0 radical (unpaired) electrons. The molecule has 2 N–H and O–H groups in total. The van der Waals surface area contributed by atoms with Gasteiger partial charge in [0.1, 0.15) is 0 Å². The minimum absolute atomic E-state index is 0.458. The molecule has 98 valence electrons. The van der Waals surface area contributed by atoms with E-state index in [4.69, 9.17) is 33.7 Å². The van der Waals surface area contributed by atoms with E-state index >= 15 is 0 Å². The molecule has 0 unspecified atom stereocenters. The second-order valence-corrected chi connectivity index (χ2v) is 4.85. The monoisotopic (exact) mass is 287 g/mol. The Labute approximate surface area is 116 Å². The van der Waals surface area contributed by atoms with Crippen LogP contribution >= 0.6 is 23.2 Å². The highest BCUT2D eigenvalue weighted by Gasteiger charge is 2.12. The van der Waals surface area contributed by atoms with Crippen molar-refractivity contribution in [3.8, 4) is 0 Å². The summed E-state index contributed by atoms with van der Waals surface area (Å²) in [6.45, 7) is 3.41. The number of morpholine rings is 1. The van der Waals surface area contributed by atoms with Gasteiger partial charge < -0.3 is 15.4 Å². The lowest BCUT2D eigenvalue weighted by atomic mass is 10.2. The summed E-state index contributed by atoms with van der Waals surface area (Å²) in [5.74, 6) is 0.532. The number of ether oxygens (including phenoxy) is 1. The molecule has 1 aromatic carbocycles. The second-order valence-electron chi connectivity index (χ2n) is 4.01. The van der Waals surface area contributed by atoms with Crippen molar-refractivity contribution in [1.29, 1.82) is 0 Å². The van der Waals surface area contributed by atoms with Crippen molar-refractivity contribution in [2.24, 2.45) is 10.7 Å². The molecule has 1 aromatic rings. The minimum Gasteiger partial charge on any atom is -0.378 e. The van der Waals surface area contributed by atoms with E-state index in [1.54, 1.807) is 12.1 Å². The molecule has 4 nitrogen and oxygen atoms in total. The van der Waals surface area contributed by atoms with Crippen LogP contribution in [0.1, 0.15) is 5.56 Å². The molecule has 1 heterocycles. The first-order valence-electron chi connectivity index (χ1n) is 5.73. The molecule has 1 aliphatic heterocycles. The van der Waals surface area contributed by atoms with Crippen molar-refractivity contribution in [2.75, 3.05) is 26.3 Å². The Morgan fingerprint density at radius 2 is 2.06 bits per heavy atom.